The quantitative estimate of drug-likeness (QED) is 0.605. The minimum Gasteiger partial charge on any atom is -0.299 e. The van der Waals surface area contributed by atoms with Crippen LogP contribution in [0.15, 0.2) is 12.2 Å². The number of likely N-dealkylation sites (tertiary alicyclic amines) is 1. The van der Waals surface area contributed by atoms with Gasteiger partial charge in [-0.25, -0.2) is 0 Å². The monoisotopic (exact) mass is 181 g/mol. The summed E-state index contributed by atoms with van der Waals surface area (Å²) in [6.07, 6.45) is 5.33. The smallest absolute Gasteiger partial charge is 0.0190 e. The van der Waals surface area contributed by atoms with Crippen LogP contribution in [-0.4, -0.2) is 24.5 Å². The van der Waals surface area contributed by atoms with E-state index in [4.69, 9.17) is 0 Å². The van der Waals surface area contributed by atoms with Crippen LogP contribution in [0.4, 0.5) is 0 Å². The SMILES string of the molecule is C=C(CC)CN1CCCCC(C)C1. The molecule has 1 saturated heterocycles. The first-order valence-corrected chi connectivity index (χ1v) is 5.61. The normalized spacial score (nSPS) is 25.5. The van der Waals surface area contributed by atoms with Gasteiger partial charge in [-0.3, -0.25) is 4.90 Å². The molecule has 1 atom stereocenters. The zero-order chi connectivity index (χ0) is 9.68. The Balaban J connectivity index is 2.34. The van der Waals surface area contributed by atoms with E-state index < -0.39 is 0 Å². The standard InChI is InChI=1S/C12H23N/c1-4-11(2)9-13-8-6-5-7-12(3)10-13/h12H,2,4-10H2,1,3H3. The molecule has 0 spiro atoms. The van der Waals surface area contributed by atoms with Gasteiger partial charge in [-0.1, -0.05) is 32.4 Å². The van der Waals surface area contributed by atoms with Crippen LogP contribution in [0.25, 0.3) is 0 Å². The van der Waals surface area contributed by atoms with E-state index in [0.717, 1.165) is 18.9 Å². The van der Waals surface area contributed by atoms with E-state index in [9.17, 15) is 0 Å². The van der Waals surface area contributed by atoms with Crippen molar-refractivity contribution in [2.75, 3.05) is 19.6 Å². The van der Waals surface area contributed by atoms with Crippen LogP contribution in [-0.2, 0) is 0 Å². The van der Waals surface area contributed by atoms with E-state index in [1.807, 2.05) is 0 Å². The van der Waals surface area contributed by atoms with Crippen molar-refractivity contribution in [1.29, 1.82) is 0 Å². The summed E-state index contributed by atoms with van der Waals surface area (Å²) < 4.78 is 0. The minimum absolute atomic E-state index is 0.882. The average Bonchev–Trinajstić information content (AvgIpc) is 2.30. The summed E-state index contributed by atoms with van der Waals surface area (Å²) >= 11 is 0. The van der Waals surface area contributed by atoms with Gasteiger partial charge in [0.2, 0.25) is 0 Å². The second-order valence-electron chi connectivity index (χ2n) is 4.44. The van der Waals surface area contributed by atoms with Gasteiger partial charge >= 0.3 is 0 Å². The van der Waals surface area contributed by atoms with Crippen molar-refractivity contribution in [2.45, 2.75) is 39.5 Å². The lowest BCUT2D eigenvalue weighted by Gasteiger charge is -2.22. The molecule has 1 fully saturated rings. The van der Waals surface area contributed by atoms with Gasteiger partial charge in [0.25, 0.3) is 0 Å². The summed E-state index contributed by atoms with van der Waals surface area (Å²) in [6, 6.07) is 0. The molecule has 1 heteroatoms. The van der Waals surface area contributed by atoms with Crippen LogP contribution < -0.4 is 0 Å². The Kier molecular flexibility index (Phi) is 4.51. The summed E-state index contributed by atoms with van der Waals surface area (Å²) in [5.74, 6) is 0.882. The molecule has 76 valence electrons. The van der Waals surface area contributed by atoms with Crippen molar-refractivity contribution >= 4 is 0 Å². The van der Waals surface area contributed by atoms with Crippen LogP contribution in [0.2, 0.25) is 0 Å². The molecule has 0 amide bonds. The lowest BCUT2D eigenvalue weighted by atomic mass is 10.1. The molecular weight excluding hydrogens is 158 g/mol. The molecule has 1 heterocycles. The molecule has 1 nitrogen and oxygen atoms in total. The van der Waals surface area contributed by atoms with Crippen molar-refractivity contribution in [3.8, 4) is 0 Å². The Morgan fingerprint density at radius 2 is 2.23 bits per heavy atom. The number of nitrogens with zero attached hydrogens (tertiary/aromatic N) is 1. The van der Waals surface area contributed by atoms with E-state index >= 15 is 0 Å². The maximum absolute atomic E-state index is 4.08. The topological polar surface area (TPSA) is 3.24 Å². The Morgan fingerprint density at radius 1 is 1.46 bits per heavy atom. The van der Waals surface area contributed by atoms with Gasteiger partial charge in [-0.15, -0.1) is 0 Å². The van der Waals surface area contributed by atoms with E-state index in [1.54, 1.807) is 0 Å². The van der Waals surface area contributed by atoms with Gasteiger partial charge in [0.1, 0.15) is 0 Å². The molecule has 0 saturated carbocycles. The van der Waals surface area contributed by atoms with E-state index in [0.29, 0.717) is 0 Å². The second-order valence-corrected chi connectivity index (χ2v) is 4.44. The molecule has 0 N–H and O–H groups in total. The van der Waals surface area contributed by atoms with Crippen LogP contribution in [0.1, 0.15) is 39.5 Å². The van der Waals surface area contributed by atoms with Gasteiger partial charge in [0, 0.05) is 13.1 Å². The molecule has 1 unspecified atom stereocenters. The summed E-state index contributed by atoms with van der Waals surface area (Å²) in [5, 5.41) is 0. The molecule has 13 heavy (non-hydrogen) atoms. The van der Waals surface area contributed by atoms with Crippen LogP contribution in [0.5, 0.6) is 0 Å². The highest BCUT2D eigenvalue weighted by Crippen LogP contribution is 2.16. The Labute approximate surface area is 82.8 Å². The first kappa shape index (κ1) is 10.8. The number of hydrogen-bond donors (Lipinski definition) is 0. The van der Waals surface area contributed by atoms with Crippen LogP contribution >= 0.6 is 0 Å². The molecule has 1 rings (SSSR count). The van der Waals surface area contributed by atoms with Gasteiger partial charge in [-0.05, 0) is 31.7 Å². The van der Waals surface area contributed by atoms with Crippen molar-refractivity contribution < 1.29 is 0 Å². The molecule has 0 bridgehead atoms. The largest absolute Gasteiger partial charge is 0.299 e. The Bertz CT molecular complexity index is 163. The fourth-order valence-electron chi connectivity index (χ4n) is 2.02. The zero-order valence-electron chi connectivity index (χ0n) is 9.18. The van der Waals surface area contributed by atoms with E-state index in [1.165, 1.54) is 37.9 Å². The molecule has 0 aromatic rings. The highest BCUT2D eigenvalue weighted by atomic mass is 15.1. The Morgan fingerprint density at radius 3 is 2.92 bits per heavy atom. The molecule has 1 aliphatic heterocycles. The van der Waals surface area contributed by atoms with E-state index in [2.05, 4.69) is 25.3 Å². The first-order chi connectivity index (χ1) is 6.22. The van der Waals surface area contributed by atoms with Crippen molar-refractivity contribution in [3.63, 3.8) is 0 Å². The van der Waals surface area contributed by atoms with E-state index in [-0.39, 0.29) is 0 Å². The average molecular weight is 181 g/mol. The van der Waals surface area contributed by atoms with Gasteiger partial charge < -0.3 is 0 Å². The summed E-state index contributed by atoms with van der Waals surface area (Å²) in [4.78, 5) is 2.57. The third-order valence-corrected chi connectivity index (χ3v) is 2.94. The van der Waals surface area contributed by atoms with Crippen molar-refractivity contribution in [3.05, 3.63) is 12.2 Å². The fourth-order valence-corrected chi connectivity index (χ4v) is 2.02. The van der Waals surface area contributed by atoms with Crippen molar-refractivity contribution in [2.24, 2.45) is 5.92 Å². The third-order valence-electron chi connectivity index (χ3n) is 2.94. The summed E-state index contributed by atoms with van der Waals surface area (Å²) in [6.45, 7) is 12.3. The summed E-state index contributed by atoms with van der Waals surface area (Å²) in [7, 11) is 0. The predicted molar refractivity (Wildman–Crippen MR) is 58.9 cm³/mol. The number of rotatable bonds is 3. The molecular formula is C12H23N. The second kappa shape index (κ2) is 5.43. The van der Waals surface area contributed by atoms with Gasteiger partial charge in [0.15, 0.2) is 0 Å². The minimum atomic E-state index is 0.882. The van der Waals surface area contributed by atoms with Crippen LogP contribution in [0.3, 0.4) is 0 Å². The molecule has 0 aliphatic carbocycles. The lowest BCUT2D eigenvalue weighted by molar-refractivity contribution is 0.275. The zero-order valence-corrected chi connectivity index (χ0v) is 9.18. The van der Waals surface area contributed by atoms with Crippen LogP contribution in [0, 0.1) is 5.92 Å². The summed E-state index contributed by atoms with van der Waals surface area (Å²) in [5.41, 5.74) is 1.38. The molecule has 0 aromatic carbocycles. The maximum atomic E-state index is 4.08. The van der Waals surface area contributed by atoms with Gasteiger partial charge in [-0.2, -0.15) is 0 Å². The molecule has 1 aliphatic rings. The molecule has 0 radical (unpaired) electrons. The maximum Gasteiger partial charge on any atom is 0.0190 e. The first-order valence-electron chi connectivity index (χ1n) is 5.61. The highest BCUT2D eigenvalue weighted by Gasteiger charge is 2.14. The fraction of sp³-hybridized carbons (Fsp3) is 0.833. The third kappa shape index (κ3) is 3.95. The predicted octanol–water partition coefficient (Wildman–Crippen LogP) is 3.07. The van der Waals surface area contributed by atoms with Gasteiger partial charge in [0.05, 0.1) is 0 Å². The van der Waals surface area contributed by atoms with Crippen molar-refractivity contribution in [1.82, 2.24) is 4.90 Å². The molecule has 0 aromatic heterocycles. The number of hydrogen-bond acceptors (Lipinski definition) is 1. The highest BCUT2D eigenvalue weighted by molar-refractivity contribution is 4.96. The Hall–Kier alpha value is -0.300. The lowest BCUT2D eigenvalue weighted by Crippen LogP contribution is -2.29.